The van der Waals surface area contributed by atoms with Gasteiger partial charge in [-0.15, -0.1) is 0 Å². The molecule has 0 amide bonds. The molecule has 0 fully saturated rings. The van der Waals surface area contributed by atoms with Crippen LogP contribution in [0.5, 0.6) is 0 Å². The van der Waals surface area contributed by atoms with Gasteiger partial charge in [0, 0.05) is 17.1 Å². The number of furan rings is 1. The molecule has 1 aliphatic carbocycles. The van der Waals surface area contributed by atoms with E-state index >= 15 is 0 Å². The third-order valence-corrected chi connectivity index (χ3v) is 3.98. The van der Waals surface area contributed by atoms with E-state index in [1.807, 2.05) is 6.92 Å². The van der Waals surface area contributed by atoms with Crippen molar-refractivity contribution in [1.82, 2.24) is 0 Å². The van der Waals surface area contributed by atoms with Crippen LogP contribution in [0.1, 0.15) is 29.1 Å². The van der Waals surface area contributed by atoms with E-state index in [-0.39, 0.29) is 5.75 Å². The van der Waals surface area contributed by atoms with Gasteiger partial charge in [0.25, 0.3) is 0 Å². The molecule has 0 aromatic carbocycles. The molecule has 3 nitrogen and oxygen atoms in total. The molecular weight excluding hydrogens is 236 g/mol. The molecule has 84 valence electrons. The third-order valence-electron chi connectivity index (χ3n) is 2.83. The third kappa shape index (κ3) is 2.37. The number of hydrogen-bond donors (Lipinski definition) is 0. The van der Waals surface area contributed by atoms with Crippen LogP contribution in [-0.2, 0) is 28.3 Å². The molecule has 5 heteroatoms. The maximum atomic E-state index is 10.9. The summed E-state index contributed by atoms with van der Waals surface area (Å²) in [5, 5.41) is 0. The summed E-state index contributed by atoms with van der Waals surface area (Å²) in [6.45, 7) is 1.88. The smallest absolute Gasteiger partial charge is 0.232 e. The highest BCUT2D eigenvalue weighted by Gasteiger charge is 2.22. The van der Waals surface area contributed by atoms with Gasteiger partial charge in [-0.25, -0.2) is 8.42 Å². The summed E-state index contributed by atoms with van der Waals surface area (Å²) < 4.78 is 27.3. The zero-order chi connectivity index (χ0) is 11.1. The average Bonchev–Trinajstić information content (AvgIpc) is 2.60. The van der Waals surface area contributed by atoms with Crippen LogP contribution < -0.4 is 0 Å². The van der Waals surface area contributed by atoms with Crippen molar-refractivity contribution in [1.29, 1.82) is 0 Å². The number of halogens is 1. The normalized spacial score (nSPS) is 15.6. The van der Waals surface area contributed by atoms with E-state index in [1.165, 1.54) is 5.56 Å². The zero-order valence-corrected chi connectivity index (χ0v) is 10.1. The molecule has 0 saturated carbocycles. The minimum Gasteiger partial charge on any atom is -0.466 e. The summed E-state index contributed by atoms with van der Waals surface area (Å²) in [4.78, 5) is 0. The Labute approximate surface area is 93.8 Å². The van der Waals surface area contributed by atoms with Gasteiger partial charge in [-0.3, -0.25) is 0 Å². The lowest BCUT2D eigenvalue weighted by Gasteiger charge is -1.99. The first-order valence-corrected chi connectivity index (χ1v) is 7.47. The molecule has 0 spiro atoms. The van der Waals surface area contributed by atoms with Crippen LogP contribution in [0.15, 0.2) is 4.42 Å². The van der Waals surface area contributed by atoms with Crippen molar-refractivity contribution >= 4 is 19.7 Å². The van der Waals surface area contributed by atoms with Gasteiger partial charge in [-0.2, -0.15) is 0 Å². The molecule has 1 heterocycles. The van der Waals surface area contributed by atoms with E-state index in [4.69, 9.17) is 15.1 Å². The van der Waals surface area contributed by atoms with Crippen molar-refractivity contribution in [3.05, 3.63) is 22.6 Å². The van der Waals surface area contributed by atoms with Gasteiger partial charge in [-0.1, -0.05) is 0 Å². The molecule has 1 aromatic rings. The van der Waals surface area contributed by atoms with Crippen molar-refractivity contribution in [3.63, 3.8) is 0 Å². The molecule has 1 aromatic heterocycles. The number of fused-ring (bicyclic) bond motifs is 1. The Morgan fingerprint density at radius 1 is 1.40 bits per heavy atom. The van der Waals surface area contributed by atoms with Gasteiger partial charge in [0.15, 0.2) is 0 Å². The van der Waals surface area contributed by atoms with Gasteiger partial charge < -0.3 is 4.42 Å². The van der Waals surface area contributed by atoms with Crippen molar-refractivity contribution in [2.75, 3.05) is 5.75 Å². The van der Waals surface area contributed by atoms with E-state index in [0.29, 0.717) is 6.42 Å². The minimum absolute atomic E-state index is 0.0125. The molecule has 1 aliphatic rings. The highest BCUT2D eigenvalue weighted by atomic mass is 35.7. The van der Waals surface area contributed by atoms with Gasteiger partial charge in [0.1, 0.15) is 11.5 Å². The van der Waals surface area contributed by atoms with Gasteiger partial charge in [-0.05, 0) is 37.3 Å². The first-order valence-electron chi connectivity index (χ1n) is 5.00. The van der Waals surface area contributed by atoms with E-state index in [0.717, 1.165) is 36.3 Å². The first kappa shape index (κ1) is 11.0. The fraction of sp³-hybridized carbons (Fsp3) is 0.600. The maximum absolute atomic E-state index is 10.9. The Morgan fingerprint density at radius 2 is 2.13 bits per heavy atom. The highest BCUT2D eigenvalue weighted by molar-refractivity contribution is 8.13. The van der Waals surface area contributed by atoms with E-state index in [1.54, 1.807) is 0 Å². The topological polar surface area (TPSA) is 47.3 Å². The van der Waals surface area contributed by atoms with Crippen LogP contribution in [0, 0.1) is 6.92 Å². The lowest BCUT2D eigenvalue weighted by Crippen LogP contribution is -2.03. The zero-order valence-electron chi connectivity index (χ0n) is 8.55. The minimum atomic E-state index is -3.40. The van der Waals surface area contributed by atoms with Gasteiger partial charge in [0.05, 0.1) is 5.75 Å². The fourth-order valence-corrected chi connectivity index (χ4v) is 2.84. The molecule has 2 rings (SSSR count). The lowest BCUT2D eigenvalue weighted by molar-refractivity contribution is 0.485. The Bertz CT molecular complexity index is 473. The molecule has 0 aliphatic heterocycles. The Balaban J connectivity index is 2.21. The van der Waals surface area contributed by atoms with Crippen LogP contribution in [0.25, 0.3) is 0 Å². The van der Waals surface area contributed by atoms with Crippen molar-refractivity contribution in [2.45, 2.75) is 32.6 Å². The molecule has 0 bridgehead atoms. The number of hydrogen-bond acceptors (Lipinski definition) is 3. The molecular formula is C10H13ClO3S. The second-order valence-corrected chi connectivity index (χ2v) is 6.78. The number of aryl methyl sites for hydroxylation is 2. The molecule has 15 heavy (non-hydrogen) atoms. The molecule has 0 saturated heterocycles. The first-order chi connectivity index (χ1) is 6.97. The summed E-state index contributed by atoms with van der Waals surface area (Å²) in [6, 6.07) is 0. The van der Waals surface area contributed by atoms with Crippen molar-refractivity contribution < 1.29 is 12.8 Å². The second-order valence-electron chi connectivity index (χ2n) is 3.89. The standard InChI is InChI=1S/C10H13ClO3S/c1-7-8(5-6-15(11,12)13)9-3-2-4-10(9)14-7/h2-6H2,1H3. The molecule has 0 atom stereocenters. The van der Waals surface area contributed by atoms with Crippen LogP contribution in [-0.4, -0.2) is 14.2 Å². The lowest BCUT2D eigenvalue weighted by atomic mass is 10.1. The molecule has 0 unspecified atom stereocenters. The Morgan fingerprint density at radius 3 is 2.80 bits per heavy atom. The summed E-state index contributed by atoms with van der Waals surface area (Å²) >= 11 is 0. The predicted octanol–water partition coefficient (Wildman–Crippen LogP) is 2.19. The molecule has 0 N–H and O–H groups in total. The van der Waals surface area contributed by atoms with Crippen LogP contribution in [0.2, 0.25) is 0 Å². The van der Waals surface area contributed by atoms with Gasteiger partial charge in [0.2, 0.25) is 9.05 Å². The summed E-state index contributed by atoms with van der Waals surface area (Å²) in [5.74, 6) is 1.87. The van der Waals surface area contributed by atoms with E-state index in [9.17, 15) is 8.42 Å². The average molecular weight is 249 g/mol. The Hall–Kier alpha value is -0.480. The van der Waals surface area contributed by atoms with E-state index < -0.39 is 9.05 Å². The maximum Gasteiger partial charge on any atom is 0.232 e. The van der Waals surface area contributed by atoms with Crippen molar-refractivity contribution in [3.8, 4) is 0 Å². The van der Waals surface area contributed by atoms with Crippen LogP contribution in [0.4, 0.5) is 0 Å². The van der Waals surface area contributed by atoms with Gasteiger partial charge >= 0.3 is 0 Å². The summed E-state index contributed by atoms with van der Waals surface area (Å²) in [6.07, 6.45) is 3.56. The quantitative estimate of drug-likeness (QED) is 0.771. The fourth-order valence-electron chi connectivity index (χ4n) is 2.16. The summed E-state index contributed by atoms with van der Waals surface area (Å²) in [5.41, 5.74) is 2.26. The SMILES string of the molecule is Cc1oc2c(c1CCS(=O)(=O)Cl)CCC2. The largest absolute Gasteiger partial charge is 0.466 e. The predicted molar refractivity (Wildman–Crippen MR) is 58.8 cm³/mol. The monoisotopic (exact) mass is 248 g/mol. The van der Waals surface area contributed by atoms with Crippen LogP contribution >= 0.6 is 10.7 Å². The Kier molecular flexibility index (Phi) is 2.81. The van der Waals surface area contributed by atoms with Crippen molar-refractivity contribution in [2.24, 2.45) is 0 Å². The number of rotatable bonds is 3. The highest BCUT2D eigenvalue weighted by Crippen LogP contribution is 2.30. The van der Waals surface area contributed by atoms with E-state index in [2.05, 4.69) is 0 Å². The van der Waals surface area contributed by atoms with Crippen LogP contribution in [0.3, 0.4) is 0 Å². The molecule has 0 radical (unpaired) electrons. The second kappa shape index (κ2) is 3.83. The summed E-state index contributed by atoms with van der Waals surface area (Å²) in [7, 11) is 1.79.